The van der Waals surface area contributed by atoms with Crippen molar-refractivity contribution in [2.45, 2.75) is 45.3 Å². The second-order valence-electron chi connectivity index (χ2n) is 7.04. The SMILES string of the molecule is CCC(C(=O)NC1(c2ncc(Cl)cc2F)COC1)C(=O)OC(C)(C)C. The topological polar surface area (TPSA) is 77.5 Å². The molecule has 1 amide bonds. The van der Waals surface area contributed by atoms with Crippen LogP contribution in [-0.4, -0.2) is 35.7 Å². The minimum atomic E-state index is -1.11. The molecule has 0 aliphatic carbocycles. The van der Waals surface area contributed by atoms with Crippen molar-refractivity contribution < 1.29 is 23.5 Å². The lowest BCUT2D eigenvalue weighted by Crippen LogP contribution is -2.61. The Morgan fingerprint density at radius 2 is 2.12 bits per heavy atom. The van der Waals surface area contributed by atoms with Crippen LogP contribution in [0.3, 0.4) is 0 Å². The summed E-state index contributed by atoms with van der Waals surface area (Å²) >= 11 is 5.73. The van der Waals surface area contributed by atoms with Gasteiger partial charge in [-0.1, -0.05) is 18.5 Å². The first-order valence-corrected chi connectivity index (χ1v) is 8.40. The molecule has 1 aromatic rings. The molecule has 0 spiro atoms. The van der Waals surface area contributed by atoms with Gasteiger partial charge in [0.25, 0.3) is 0 Å². The highest BCUT2D eigenvalue weighted by Crippen LogP contribution is 2.31. The van der Waals surface area contributed by atoms with E-state index < -0.39 is 34.8 Å². The van der Waals surface area contributed by atoms with Crippen LogP contribution in [0.2, 0.25) is 5.02 Å². The number of hydrogen-bond donors (Lipinski definition) is 1. The van der Waals surface area contributed by atoms with E-state index in [9.17, 15) is 14.0 Å². The fourth-order valence-electron chi connectivity index (χ4n) is 2.50. The highest BCUT2D eigenvalue weighted by Gasteiger charge is 2.47. The highest BCUT2D eigenvalue weighted by molar-refractivity contribution is 6.30. The van der Waals surface area contributed by atoms with Gasteiger partial charge in [0.15, 0.2) is 0 Å². The Kier molecular flexibility index (Phi) is 5.68. The van der Waals surface area contributed by atoms with Crippen molar-refractivity contribution in [3.8, 4) is 0 Å². The van der Waals surface area contributed by atoms with Gasteiger partial charge >= 0.3 is 5.97 Å². The van der Waals surface area contributed by atoms with E-state index in [-0.39, 0.29) is 30.4 Å². The van der Waals surface area contributed by atoms with Gasteiger partial charge in [-0.25, -0.2) is 4.39 Å². The summed E-state index contributed by atoms with van der Waals surface area (Å²) in [6.07, 6.45) is 1.56. The quantitative estimate of drug-likeness (QED) is 0.635. The van der Waals surface area contributed by atoms with Crippen molar-refractivity contribution in [3.05, 3.63) is 28.8 Å². The Balaban J connectivity index is 2.19. The maximum Gasteiger partial charge on any atom is 0.318 e. The van der Waals surface area contributed by atoms with Gasteiger partial charge in [0.2, 0.25) is 5.91 Å². The predicted molar refractivity (Wildman–Crippen MR) is 89.5 cm³/mol. The molecule has 0 saturated carbocycles. The number of amides is 1. The summed E-state index contributed by atoms with van der Waals surface area (Å²) in [5.41, 5.74) is -1.77. The number of pyridine rings is 1. The number of carbonyl (C=O) groups is 2. The maximum atomic E-state index is 14.2. The summed E-state index contributed by atoms with van der Waals surface area (Å²) in [4.78, 5) is 28.9. The van der Waals surface area contributed by atoms with Crippen LogP contribution >= 0.6 is 11.6 Å². The average Bonchev–Trinajstić information content (AvgIpc) is 2.42. The van der Waals surface area contributed by atoms with Crippen molar-refractivity contribution in [2.75, 3.05) is 13.2 Å². The van der Waals surface area contributed by atoms with Gasteiger partial charge in [0, 0.05) is 6.20 Å². The lowest BCUT2D eigenvalue weighted by molar-refractivity contribution is -0.164. The molecule has 138 valence electrons. The van der Waals surface area contributed by atoms with E-state index >= 15 is 0 Å². The predicted octanol–water partition coefficient (Wildman–Crippen LogP) is 2.58. The summed E-state index contributed by atoms with van der Waals surface area (Å²) in [5.74, 6) is -2.79. The lowest BCUT2D eigenvalue weighted by atomic mass is 9.90. The van der Waals surface area contributed by atoms with Crippen molar-refractivity contribution in [3.63, 3.8) is 0 Å². The molecule has 1 fully saturated rings. The van der Waals surface area contributed by atoms with Gasteiger partial charge in [-0.05, 0) is 33.3 Å². The number of nitrogens with one attached hydrogen (secondary N) is 1. The van der Waals surface area contributed by atoms with Crippen LogP contribution in [0.1, 0.15) is 39.8 Å². The summed E-state index contributed by atoms with van der Waals surface area (Å²) in [6, 6.07) is 1.13. The first-order chi connectivity index (χ1) is 11.6. The standard InChI is InChI=1S/C17H22ClFN2O4/c1-5-11(15(23)25-16(2,3)4)14(22)21-17(8-24-9-17)13-12(19)6-10(18)7-20-13/h6-7,11H,5,8-9H2,1-4H3,(H,21,22). The molecule has 0 bridgehead atoms. The number of hydrogen-bond acceptors (Lipinski definition) is 5. The van der Waals surface area contributed by atoms with Crippen LogP contribution in [0.5, 0.6) is 0 Å². The van der Waals surface area contributed by atoms with Gasteiger partial charge in [-0.15, -0.1) is 0 Å². The van der Waals surface area contributed by atoms with E-state index in [1.807, 2.05) is 0 Å². The zero-order chi connectivity index (χ0) is 18.8. The Labute approximate surface area is 151 Å². The van der Waals surface area contributed by atoms with Crippen LogP contribution in [0.15, 0.2) is 12.3 Å². The van der Waals surface area contributed by atoms with Gasteiger partial charge in [-0.2, -0.15) is 0 Å². The van der Waals surface area contributed by atoms with Crippen molar-refractivity contribution in [2.24, 2.45) is 5.92 Å². The van der Waals surface area contributed by atoms with Crippen molar-refractivity contribution >= 4 is 23.5 Å². The van der Waals surface area contributed by atoms with Crippen LogP contribution in [0, 0.1) is 11.7 Å². The van der Waals surface area contributed by atoms with Gasteiger partial charge in [0.1, 0.15) is 28.6 Å². The minimum Gasteiger partial charge on any atom is -0.459 e. The second-order valence-corrected chi connectivity index (χ2v) is 7.48. The molecule has 1 aromatic heterocycles. The third kappa shape index (κ3) is 4.46. The molecule has 0 aromatic carbocycles. The Hall–Kier alpha value is -1.73. The Morgan fingerprint density at radius 1 is 1.48 bits per heavy atom. The largest absolute Gasteiger partial charge is 0.459 e. The molecule has 8 heteroatoms. The molecule has 1 atom stereocenters. The molecule has 2 rings (SSSR count). The third-order valence-corrected chi connectivity index (χ3v) is 3.94. The summed E-state index contributed by atoms with van der Waals surface area (Å²) in [6.45, 7) is 7.01. The number of carbonyl (C=O) groups excluding carboxylic acids is 2. The number of halogens is 2. The van der Waals surface area contributed by atoms with Crippen molar-refractivity contribution in [1.82, 2.24) is 10.3 Å². The second kappa shape index (κ2) is 7.25. The minimum absolute atomic E-state index is 0.0375. The first kappa shape index (κ1) is 19.6. The van der Waals surface area contributed by atoms with Crippen LogP contribution in [0.4, 0.5) is 4.39 Å². The third-order valence-electron chi connectivity index (χ3n) is 3.74. The molecule has 25 heavy (non-hydrogen) atoms. The lowest BCUT2D eigenvalue weighted by Gasteiger charge is -2.42. The normalized spacial score (nSPS) is 17.4. The smallest absolute Gasteiger partial charge is 0.318 e. The fourth-order valence-corrected chi connectivity index (χ4v) is 2.64. The highest BCUT2D eigenvalue weighted by atomic mass is 35.5. The van der Waals surface area contributed by atoms with Gasteiger partial charge < -0.3 is 14.8 Å². The van der Waals surface area contributed by atoms with E-state index in [4.69, 9.17) is 21.1 Å². The van der Waals surface area contributed by atoms with Crippen LogP contribution in [-0.2, 0) is 24.6 Å². The molecule has 1 aliphatic rings. The van der Waals surface area contributed by atoms with E-state index in [0.717, 1.165) is 6.07 Å². The molecular weight excluding hydrogens is 351 g/mol. The first-order valence-electron chi connectivity index (χ1n) is 8.02. The van der Waals surface area contributed by atoms with E-state index in [2.05, 4.69) is 10.3 Å². The average molecular weight is 373 g/mol. The fraction of sp³-hybridized carbons (Fsp3) is 0.588. The summed E-state index contributed by atoms with van der Waals surface area (Å²) in [7, 11) is 0. The molecule has 0 radical (unpaired) electrons. The Morgan fingerprint density at radius 3 is 2.56 bits per heavy atom. The van der Waals surface area contributed by atoms with Crippen LogP contribution in [0.25, 0.3) is 0 Å². The Bertz CT molecular complexity index is 671. The number of aromatic nitrogens is 1. The molecule has 1 N–H and O–H groups in total. The van der Waals surface area contributed by atoms with Gasteiger partial charge in [0.05, 0.1) is 18.2 Å². The summed E-state index contributed by atoms with van der Waals surface area (Å²) < 4.78 is 24.7. The van der Waals surface area contributed by atoms with E-state index in [1.54, 1.807) is 27.7 Å². The molecule has 6 nitrogen and oxygen atoms in total. The molecule has 2 heterocycles. The number of ether oxygens (including phenoxy) is 2. The molecule has 1 saturated heterocycles. The van der Waals surface area contributed by atoms with E-state index in [1.165, 1.54) is 6.20 Å². The van der Waals surface area contributed by atoms with Crippen molar-refractivity contribution in [1.29, 1.82) is 0 Å². The van der Waals surface area contributed by atoms with Crippen LogP contribution < -0.4 is 5.32 Å². The molecular formula is C17H22ClFN2O4. The number of nitrogens with zero attached hydrogens (tertiary/aromatic N) is 1. The molecule has 1 aliphatic heterocycles. The number of esters is 1. The van der Waals surface area contributed by atoms with E-state index in [0.29, 0.717) is 0 Å². The zero-order valence-electron chi connectivity index (χ0n) is 14.7. The monoisotopic (exact) mass is 372 g/mol. The zero-order valence-corrected chi connectivity index (χ0v) is 15.4. The maximum absolute atomic E-state index is 14.2. The molecule has 1 unspecified atom stereocenters. The number of rotatable bonds is 5. The summed E-state index contributed by atoms with van der Waals surface area (Å²) in [5, 5.41) is 2.87. The van der Waals surface area contributed by atoms with Gasteiger partial charge in [-0.3, -0.25) is 14.6 Å².